The van der Waals surface area contributed by atoms with Gasteiger partial charge in [0.2, 0.25) is 0 Å². The number of aromatic nitrogens is 1. The van der Waals surface area contributed by atoms with Gasteiger partial charge in [-0.25, -0.2) is 8.42 Å². The summed E-state index contributed by atoms with van der Waals surface area (Å²) in [7, 11) is -3.14. The van der Waals surface area contributed by atoms with E-state index in [4.69, 9.17) is 4.74 Å². The molecule has 0 radical (unpaired) electrons. The zero-order valence-corrected chi connectivity index (χ0v) is 13.4. The molecule has 1 aromatic rings. The van der Waals surface area contributed by atoms with Crippen molar-refractivity contribution in [1.29, 1.82) is 0 Å². The first-order valence-corrected chi connectivity index (χ1v) is 8.85. The van der Waals surface area contributed by atoms with Gasteiger partial charge in [0.1, 0.15) is 5.75 Å². The summed E-state index contributed by atoms with van der Waals surface area (Å²) in [6, 6.07) is 1.57. The van der Waals surface area contributed by atoms with E-state index in [1.807, 2.05) is 19.9 Å². The lowest BCUT2D eigenvalue weighted by Gasteiger charge is -2.24. The fourth-order valence-electron chi connectivity index (χ4n) is 1.95. The SMILES string of the molecule is CCCNC(c1cncc(OCC)c1)C(C)S(C)(=O)=O. The van der Waals surface area contributed by atoms with E-state index >= 15 is 0 Å². The van der Waals surface area contributed by atoms with Crippen LogP contribution >= 0.6 is 0 Å². The fourth-order valence-corrected chi connectivity index (χ4v) is 2.70. The minimum atomic E-state index is -3.14. The third-order valence-electron chi connectivity index (χ3n) is 3.16. The van der Waals surface area contributed by atoms with Crippen LogP contribution in [0.3, 0.4) is 0 Å². The van der Waals surface area contributed by atoms with E-state index in [1.165, 1.54) is 6.26 Å². The van der Waals surface area contributed by atoms with Gasteiger partial charge in [0.25, 0.3) is 0 Å². The molecule has 2 unspecified atom stereocenters. The van der Waals surface area contributed by atoms with E-state index < -0.39 is 15.1 Å². The van der Waals surface area contributed by atoms with E-state index in [0.29, 0.717) is 12.4 Å². The van der Waals surface area contributed by atoms with Crippen molar-refractivity contribution >= 4 is 9.84 Å². The van der Waals surface area contributed by atoms with Gasteiger partial charge in [-0.1, -0.05) is 6.92 Å². The molecule has 6 heteroatoms. The average molecular weight is 300 g/mol. The average Bonchev–Trinajstić information content (AvgIpc) is 2.39. The fraction of sp³-hybridized carbons (Fsp3) is 0.643. The summed E-state index contributed by atoms with van der Waals surface area (Å²) in [4.78, 5) is 4.14. The number of pyridine rings is 1. The molecule has 0 aromatic carbocycles. The maximum atomic E-state index is 11.8. The van der Waals surface area contributed by atoms with Crippen molar-refractivity contribution < 1.29 is 13.2 Å². The van der Waals surface area contributed by atoms with Gasteiger partial charge < -0.3 is 10.1 Å². The van der Waals surface area contributed by atoms with Crippen LogP contribution in [0.5, 0.6) is 5.75 Å². The quantitative estimate of drug-likeness (QED) is 0.795. The van der Waals surface area contributed by atoms with E-state index in [-0.39, 0.29) is 6.04 Å². The van der Waals surface area contributed by atoms with Crippen molar-refractivity contribution in [1.82, 2.24) is 10.3 Å². The molecule has 0 bridgehead atoms. The predicted molar refractivity (Wildman–Crippen MR) is 80.7 cm³/mol. The lowest BCUT2D eigenvalue weighted by Crippen LogP contribution is -2.35. The molecule has 114 valence electrons. The second kappa shape index (κ2) is 7.59. The Morgan fingerprint density at radius 2 is 2.05 bits per heavy atom. The van der Waals surface area contributed by atoms with Crippen LogP contribution in [-0.2, 0) is 9.84 Å². The molecule has 0 fully saturated rings. The Morgan fingerprint density at radius 1 is 1.35 bits per heavy atom. The Labute approximate surface area is 121 Å². The van der Waals surface area contributed by atoms with Gasteiger partial charge in [0.15, 0.2) is 9.84 Å². The van der Waals surface area contributed by atoms with Crippen LogP contribution in [-0.4, -0.2) is 38.1 Å². The summed E-state index contributed by atoms with van der Waals surface area (Å²) >= 11 is 0. The third kappa shape index (κ3) is 4.76. The molecule has 20 heavy (non-hydrogen) atoms. The largest absolute Gasteiger partial charge is 0.492 e. The minimum absolute atomic E-state index is 0.280. The lowest BCUT2D eigenvalue weighted by molar-refractivity contribution is 0.337. The van der Waals surface area contributed by atoms with Gasteiger partial charge in [-0.2, -0.15) is 0 Å². The van der Waals surface area contributed by atoms with Crippen LogP contribution in [0.1, 0.15) is 38.8 Å². The monoisotopic (exact) mass is 300 g/mol. The van der Waals surface area contributed by atoms with Gasteiger partial charge >= 0.3 is 0 Å². The number of nitrogens with one attached hydrogen (secondary N) is 1. The van der Waals surface area contributed by atoms with Crippen LogP contribution in [0.2, 0.25) is 0 Å². The molecule has 0 amide bonds. The second-order valence-corrected chi connectivity index (χ2v) is 7.26. The van der Waals surface area contributed by atoms with Crippen LogP contribution < -0.4 is 10.1 Å². The number of sulfone groups is 1. The first-order chi connectivity index (χ1) is 9.40. The summed E-state index contributed by atoms with van der Waals surface area (Å²) in [6.45, 7) is 6.97. The van der Waals surface area contributed by atoms with Crippen molar-refractivity contribution in [3.05, 3.63) is 24.0 Å². The van der Waals surface area contributed by atoms with Crippen LogP contribution in [0, 0.1) is 0 Å². The van der Waals surface area contributed by atoms with Crippen LogP contribution in [0.4, 0.5) is 0 Å². The summed E-state index contributed by atoms with van der Waals surface area (Å²) in [5, 5.41) is 2.77. The van der Waals surface area contributed by atoms with Crippen molar-refractivity contribution in [2.45, 2.75) is 38.5 Å². The molecular weight excluding hydrogens is 276 g/mol. The zero-order chi connectivity index (χ0) is 15.2. The Kier molecular flexibility index (Phi) is 6.42. The Hall–Kier alpha value is -1.14. The number of ether oxygens (including phenoxy) is 1. The maximum absolute atomic E-state index is 11.8. The van der Waals surface area contributed by atoms with Gasteiger partial charge in [-0.3, -0.25) is 4.98 Å². The first-order valence-electron chi connectivity index (χ1n) is 6.90. The summed E-state index contributed by atoms with van der Waals surface area (Å²) < 4.78 is 29.1. The van der Waals surface area contributed by atoms with E-state index in [2.05, 4.69) is 10.3 Å². The topological polar surface area (TPSA) is 68.3 Å². The molecule has 0 aliphatic heterocycles. The molecule has 0 saturated carbocycles. The molecule has 2 atom stereocenters. The van der Waals surface area contributed by atoms with Gasteiger partial charge in [-0.05, 0) is 38.4 Å². The smallest absolute Gasteiger partial charge is 0.151 e. The molecule has 5 nitrogen and oxygen atoms in total. The Balaban J connectivity index is 3.06. The molecule has 1 heterocycles. The highest BCUT2D eigenvalue weighted by Gasteiger charge is 2.27. The Morgan fingerprint density at radius 3 is 2.60 bits per heavy atom. The lowest BCUT2D eigenvalue weighted by atomic mass is 10.1. The highest BCUT2D eigenvalue weighted by Crippen LogP contribution is 2.24. The van der Waals surface area contributed by atoms with E-state index in [9.17, 15) is 8.42 Å². The summed E-state index contributed by atoms with van der Waals surface area (Å²) in [5.41, 5.74) is 0.835. The molecule has 1 aromatic heterocycles. The van der Waals surface area contributed by atoms with Crippen molar-refractivity contribution in [2.75, 3.05) is 19.4 Å². The van der Waals surface area contributed by atoms with Gasteiger partial charge in [0, 0.05) is 12.5 Å². The van der Waals surface area contributed by atoms with Crippen LogP contribution in [0.25, 0.3) is 0 Å². The highest BCUT2D eigenvalue weighted by atomic mass is 32.2. The molecule has 1 N–H and O–H groups in total. The van der Waals surface area contributed by atoms with Gasteiger partial charge in [0.05, 0.1) is 24.1 Å². The van der Waals surface area contributed by atoms with Crippen molar-refractivity contribution in [2.24, 2.45) is 0 Å². The molecular formula is C14H24N2O3S. The minimum Gasteiger partial charge on any atom is -0.492 e. The van der Waals surface area contributed by atoms with Crippen LogP contribution in [0.15, 0.2) is 18.5 Å². The number of rotatable bonds is 8. The molecule has 0 aliphatic rings. The third-order valence-corrected chi connectivity index (χ3v) is 4.79. The normalized spacial score (nSPS) is 14.8. The molecule has 0 spiro atoms. The zero-order valence-electron chi connectivity index (χ0n) is 12.6. The van der Waals surface area contributed by atoms with E-state index in [1.54, 1.807) is 19.3 Å². The molecule has 1 rings (SSSR count). The number of hydrogen-bond acceptors (Lipinski definition) is 5. The maximum Gasteiger partial charge on any atom is 0.151 e. The number of hydrogen-bond donors (Lipinski definition) is 1. The molecule has 0 aliphatic carbocycles. The first kappa shape index (κ1) is 16.9. The predicted octanol–water partition coefficient (Wildman–Crippen LogP) is 1.95. The summed E-state index contributed by atoms with van der Waals surface area (Å²) in [6.07, 6.45) is 5.52. The van der Waals surface area contributed by atoms with Crippen molar-refractivity contribution in [3.63, 3.8) is 0 Å². The Bertz CT molecular complexity index is 517. The highest BCUT2D eigenvalue weighted by molar-refractivity contribution is 7.91. The molecule has 0 saturated heterocycles. The van der Waals surface area contributed by atoms with Crippen molar-refractivity contribution in [3.8, 4) is 5.75 Å². The standard InChI is InChI=1S/C14H24N2O3S/c1-5-7-16-14(11(3)20(4,17)18)12-8-13(19-6-2)10-15-9-12/h8-11,14,16H,5-7H2,1-4H3. The van der Waals surface area contributed by atoms with E-state index in [0.717, 1.165) is 18.5 Å². The second-order valence-electron chi connectivity index (χ2n) is 4.85. The van der Waals surface area contributed by atoms with Gasteiger partial charge in [-0.15, -0.1) is 0 Å². The number of nitrogens with zero attached hydrogens (tertiary/aromatic N) is 1. The summed E-state index contributed by atoms with van der Waals surface area (Å²) in [5.74, 6) is 0.661.